The third kappa shape index (κ3) is 6.72. The molecule has 21 heavy (non-hydrogen) atoms. The average Bonchev–Trinajstić information content (AvgIpc) is 2.55. The van der Waals surface area contributed by atoms with Crippen LogP contribution in [0.5, 0.6) is 0 Å². The van der Waals surface area contributed by atoms with Gasteiger partial charge in [-0.2, -0.15) is 0 Å². The van der Waals surface area contributed by atoms with Gasteiger partial charge in [-0.25, -0.2) is 9.59 Å². The van der Waals surface area contributed by atoms with Crippen molar-refractivity contribution in [3.05, 3.63) is 71.8 Å². The zero-order valence-electron chi connectivity index (χ0n) is 11.8. The summed E-state index contributed by atoms with van der Waals surface area (Å²) in [5.41, 5.74) is 1.18. The Kier molecular flexibility index (Phi) is 9.54. The van der Waals surface area contributed by atoms with Gasteiger partial charge in [-0.1, -0.05) is 36.4 Å². The van der Waals surface area contributed by atoms with E-state index >= 15 is 0 Å². The van der Waals surface area contributed by atoms with Gasteiger partial charge in [0, 0.05) is 0 Å². The van der Waals surface area contributed by atoms with Crippen LogP contribution in [-0.2, 0) is 9.47 Å². The number of hydrogen-bond acceptors (Lipinski definition) is 4. The lowest BCUT2D eigenvalue weighted by Gasteiger charge is -1.95. The van der Waals surface area contributed by atoms with Gasteiger partial charge in [-0.15, -0.1) is 17.0 Å². The molecule has 0 saturated heterocycles. The number of ether oxygens (including phenoxy) is 2. The molecular weight excluding hydrogens is 336 g/mol. The third-order valence-electron chi connectivity index (χ3n) is 2.39. The lowest BCUT2D eigenvalue weighted by molar-refractivity contribution is 0.0592. The Balaban J connectivity index is 0.000000364. The minimum Gasteiger partial charge on any atom is -0.465 e. The summed E-state index contributed by atoms with van der Waals surface area (Å²) in [6.07, 6.45) is 0. The standard InChI is InChI=1S/2C8H8O2.BrH/c2*1-10-8(9)7-5-3-2-4-6-7;/h2*2-6H,1H3;1H. The normalized spacial score (nSPS) is 8.48. The number of hydrogen-bond donors (Lipinski definition) is 0. The van der Waals surface area contributed by atoms with E-state index in [1.165, 1.54) is 14.2 Å². The first-order chi connectivity index (χ1) is 9.69. The summed E-state index contributed by atoms with van der Waals surface area (Å²) in [6, 6.07) is 17.8. The highest BCUT2D eigenvalue weighted by molar-refractivity contribution is 8.93. The van der Waals surface area contributed by atoms with Gasteiger partial charge < -0.3 is 9.47 Å². The van der Waals surface area contributed by atoms with E-state index in [2.05, 4.69) is 9.47 Å². The van der Waals surface area contributed by atoms with E-state index in [1.54, 1.807) is 48.5 Å². The first-order valence-electron chi connectivity index (χ1n) is 5.95. The molecule has 0 saturated carbocycles. The molecule has 5 heteroatoms. The molecular formula is C16H17BrO4. The predicted molar refractivity (Wildman–Crippen MR) is 85.9 cm³/mol. The zero-order valence-corrected chi connectivity index (χ0v) is 13.5. The number of esters is 2. The summed E-state index contributed by atoms with van der Waals surface area (Å²) < 4.78 is 8.99. The fourth-order valence-electron chi connectivity index (χ4n) is 1.38. The number of benzene rings is 2. The second kappa shape index (κ2) is 10.6. The second-order valence-electron chi connectivity index (χ2n) is 3.72. The molecule has 4 nitrogen and oxygen atoms in total. The van der Waals surface area contributed by atoms with E-state index < -0.39 is 0 Å². The molecule has 0 heterocycles. The molecule has 0 unspecified atom stereocenters. The number of carbonyl (C=O) groups is 2. The van der Waals surface area contributed by atoms with Crippen LogP contribution < -0.4 is 0 Å². The van der Waals surface area contributed by atoms with Crippen LogP contribution in [0.1, 0.15) is 20.7 Å². The molecule has 0 atom stereocenters. The fraction of sp³-hybridized carbons (Fsp3) is 0.125. The summed E-state index contributed by atoms with van der Waals surface area (Å²) in [7, 11) is 2.74. The average molecular weight is 353 g/mol. The fourth-order valence-corrected chi connectivity index (χ4v) is 1.38. The van der Waals surface area contributed by atoms with Gasteiger partial charge in [0.2, 0.25) is 0 Å². The molecule has 0 bridgehead atoms. The Bertz CT molecular complexity index is 489. The summed E-state index contributed by atoms with van der Waals surface area (Å²) in [5, 5.41) is 0. The lowest BCUT2D eigenvalue weighted by atomic mass is 10.2. The highest BCUT2D eigenvalue weighted by Crippen LogP contribution is 1.99. The van der Waals surface area contributed by atoms with Gasteiger partial charge in [-0.3, -0.25) is 0 Å². The summed E-state index contributed by atoms with van der Waals surface area (Å²) in [4.78, 5) is 21.6. The van der Waals surface area contributed by atoms with Crippen molar-refractivity contribution >= 4 is 28.9 Å². The Morgan fingerprint density at radius 1 is 0.667 bits per heavy atom. The molecule has 2 rings (SSSR count). The van der Waals surface area contributed by atoms with E-state index in [-0.39, 0.29) is 28.9 Å². The van der Waals surface area contributed by atoms with Gasteiger partial charge in [-0.05, 0) is 24.3 Å². The van der Waals surface area contributed by atoms with Crippen LogP contribution in [0.3, 0.4) is 0 Å². The van der Waals surface area contributed by atoms with Gasteiger partial charge in [0.15, 0.2) is 0 Å². The molecule has 0 spiro atoms. The van der Waals surface area contributed by atoms with Crippen LogP contribution in [0.4, 0.5) is 0 Å². The summed E-state index contributed by atoms with van der Waals surface area (Å²) >= 11 is 0. The van der Waals surface area contributed by atoms with Crippen LogP contribution in [-0.4, -0.2) is 26.2 Å². The minimum atomic E-state index is -0.291. The maximum Gasteiger partial charge on any atom is 0.337 e. The zero-order chi connectivity index (χ0) is 14.8. The van der Waals surface area contributed by atoms with Crippen molar-refractivity contribution in [3.8, 4) is 0 Å². The Morgan fingerprint density at radius 2 is 0.952 bits per heavy atom. The highest BCUT2D eigenvalue weighted by atomic mass is 79.9. The van der Waals surface area contributed by atoms with Crippen molar-refractivity contribution in [1.82, 2.24) is 0 Å². The van der Waals surface area contributed by atoms with Crippen molar-refractivity contribution in [3.63, 3.8) is 0 Å². The van der Waals surface area contributed by atoms with E-state index in [9.17, 15) is 9.59 Å². The van der Waals surface area contributed by atoms with Crippen LogP contribution in [0, 0.1) is 0 Å². The Labute approximate surface area is 134 Å². The monoisotopic (exact) mass is 352 g/mol. The van der Waals surface area contributed by atoms with E-state index in [4.69, 9.17) is 0 Å². The van der Waals surface area contributed by atoms with Crippen molar-refractivity contribution < 1.29 is 19.1 Å². The van der Waals surface area contributed by atoms with Crippen LogP contribution in [0.15, 0.2) is 60.7 Å². The van der Waals surface area contributed by atoms with Crippen molar-refractivity contribution in [1.29, 1.82) is 0 Å². The van der Waals surface area contributed by atoms with E-state index in [1.807, 2.05) is 12.1 Å². The summed E-state index contributed by atoms with van der Waals surface area (Å²) in [5.74, 6) is -0.582. The third-order valence-corrected chi connectivity index (χ3v) is 2.39. The van der Waals surface area contributed by atoms with Crippen molar-refractivity contribution in [2.45, 2.75) is 0 Å². The molecule has 2 aromatic rings. The van der Waals surface area contributed by atoms with Crippen LogP contribution in [0.2, 0.25) is 0 Å². The molecule has 112 valence electrons. The maximum atomic E-state index is 10.8. The molecule has 0 aromatic heterocycles. The first-order valence-corrected chi connectivity index (χ1v) is 5.95. The Morgan fingerprint density at radius 3 is 1.19 bits per heavy atom. The number of methoxy groups -OCH3 is 2. The molecule has 0 radical (unpaired) electrons. The SMILES string of the molecule is Br.COC(=O)c1ccccc1.COC(=O)c1ccccc1. The quantitative estimate of drug-likeness (QED) is 0.776. The topological polar surface area (TPSA) is 52.6 Å². The van der Waals surface area contributed by atoms with Gasteiger partial charge in [0.1, 0.15) is 0 Å². The highest BCUT2D eigenvalue weighted by Gasteiger charge is 2.01. The smallest absolute Gasteiger partial charge is 0.337 e. The van der Waals surface area contributed by atoms with Gasteiger partial charge in [0.05, 0.1) is 25.3 Å². The van der Waals surface area contributed by atoms with E-state index in [0.29, 0.717) is 11.1 Å². The Hall–Kier alpha value is -2.14. The van der Waals surface area contributed by atoms with Gasteiger partial charge >= 0.3 is 11.9 Å². The largest absolute Gasteiger partial charge is 0.465 e. The maximum absolute atomic E-state index is 10.8. The first kappa shape index (κ1) is 18.9. The van der Waals surface area contributed by atoms with Gasteiger partial charge in [0.25, 0.3) is 0 Å². The molecule has 0 fully saturated rings. The molecule has 0 aliphatic carbocycles. The van der Waals surface area contributed by atoms with Crippen molar-refractivity contribution in [2.24, 2.45) is 0 Å². The van der Waals surface area contributed by atoms with Crippen LogP contribution in [0.25, 0.3) is 0 Å². The molecule has 0 amide bonds. The number of halogens is 1. The molecule has 0 aliphatic rings. The van der Waals surface area contributed by atoms with E-state index in [0.717, 1.165) is 0 Å². The second-order valence-corrected chi connectivity index (χ2v) is 3.72. The predicted octanol–water partition coefficient (Wildman–Crippen LogP) is 3.52. The molecule has 0 aliphatic heterocycles. The number of carbonyl (C=O) groups excluding carboxylic acids is 2. The molecule has 0 N–H and O–H groups in total. The number of rotatable bonds is 2. The minimum absolute atomic E-state index is 0. The molecule has 2 aromatic carbocycles. The lowest BCUT2D eigenvalue weighted by Crippen LogP contribution is -1.99. The van der Waals surface area contributed by atoms with Crippen molar-refractivity contribution in [2.75, 3.05) is 14.2 Å². The van der Waals surface area contributed by atoms with Crippen LogP contribution >= 0.6 is 17.0 Å². The summed E-state index contributed by atoms with van der Waals surface area (Å²) in [6.45, 7) is 0.